The second kappa shape index (κ2) is 13.0. The quantitative estimate of drug-likeness (QED) is 0.216. The Kier molecular flexibility index (Phi) is 12.3. The smallest absolute Gasteiger partial charge is 0.422 e. The standard InChI is InChI=1S/C17H24F6N4O.HI/c1-3-24-15(25-8-9-27(2)11-16(18,19)20)26-10-13-4-6-14(7-5-13)28-12-17(21,22)23;/h4-7H,3,8-12H2,1-2H3,(H2,24,25,26);1H. The summed E-state index contributed by atoms with van der Waals surface area (Å²) in [7, 11) is 1.38. The highest BCUT2D eigenvalue weighted by molar-refractivity contribution is 14.0. The maximum Gasteiger partial charge on any atom is 0.422 e. The van der Waals surface area contributed by atoms with Crippen molar-refractivity contribution in [3.63, 3.8) is 0 Å². The number of rotatable bonds is 9. The molecule has 5 nitrogen and oxygen atoms in total. The first-order valence-electron chi connectivity index (χ1n) is 8.54. The predicted molar refractivity (Wildman–Crippen MR) is 110 cm³/mol. The third-order valence-electron chi connectivity index (χ3n) is 3.32. The molecule has 0 aliphatic carbocycles. The average Bonchev–Trinajstić information content (AvgIpc) is 2.56. The van der Waals surface area contributed by atoms with Crippen molar-refractivity contribution in [3.8, 4) is 5.75 Å². The molecule has 2 N–H and O–H groups in total. The highest BCUT2D eigenvalue weighted by atomic mass is 127. The molecule has 0 aliphatic rings. The molecule has 0 unspecified atom stereocenters. The second-order valence-corrected chi connectivity index (χ2v) is 6.02. The summed E-state index contributed by atoms with van der Waals surface area (Å²) in [6.07, 6.45) is -8.65. The third-order valence-corrected chi connectivity index (χ3v) is 3.32. The zero-order valence-corrected chi connectivity index (χ0v) is 18.4. The Labute approximate surface area is 182 Å². The van der Waals surface area contributed by atoms with Gasteiger partial charge in [-0.1, -0.05) is 12.1 Å². The number of benzene rings is 1. The van der Waals surface area contributed by atoms with Crippen LogP contribution in [0.4, 0.5) is 26.3 Å². The molecule has 0 bridgehead atoms. The van der Waals surface area contributed by atoms with Crippen LogP contribution in [0.3, 0.4) is 0 Å². The summed E-state index contributed by atoms with van der Waals surface area (Å²) in [4.78, 5) is 5.45. The molecule has 12 heteroatoms. The minimum Gasteiger partial charge on any atom is -0.484 e. The van der Waals surface area contributed by atoms with E-state index in [9.17, 15) is 26.3 Å². The van der Waals surface area contributed by atoms with Crippen LogP contribution in [-0.2, 0) is 6.54 Å². The van der Waals surface area contributed by atoms with Crippen molar-refractivity contribution in [1.29, 1.82) is 0 Å². The summed E-state index contributed by atoms with van der Waals surface area (Å²) in [6, 6.07) is 6.03. The Morgan fingerprint density at radius 3 is 2.17 bits per heavy atom. The number of ether oxygens (including phenoxy) is 1. The highest BCUT2D eigenvalue weighted by Crippen LogP contribution is 2.19. The van der Waals surface area contributed by atoms with Crippen molar-refractivity contribution in [3.05, 3.63) is 29.8 Å². The number of guanidine groups is 1. The van der Waals surface area contributed by atoms with Crippen LogP contribution < -0.4 is 15.4 Å². The topological polar surface area (TPSA) is 48.9 Å². The van der Waals surface area contributed by atoms with E-state index in [-0.39, 0.29) is 49.4 Å². The fourth-order valence-electron chi connectivity index (χ4n) is 2.12. The van der Waals surface area contributed by atoms with Gasteiger partial charge in [0.2, 0.25) is 0 Å². The van der Waals surface area contributed by atoms with Gasteiger partial charge >= 0.3 is 12.4 Å². The maximum atomic E-state index is 12.3. The van der Waals surface area contributed by atoms with Crippen molar-refractivity contribution < 1.29 is 31.1 Å². The van der Waals surface area contributed by atoms with Crippen LogP contribution in [0, 0.1) is 0 Å². The summed E-state index contributed by atoms with van der Waals surface area (Å²) in [5.41, 5.74) is 0.741. The molecule has 0 fully saturated rings. The summed E-state index contributed by atoms with van der Waals surface area (Å²) in [5, 5.41) is 5.91. The van der Waals surface area contributed by atoms with E-state index < -0.39 is 25.5 Å². The van der Waals surface area contributed by atoms with Gasteiger partial charge in [0, 0.05) is 19.6 Å². The lowest BCUT2D eigenvalue weighted by Crippen LogP contribution is -2.42. The van der Waals surface area contributed by atoms with Crippen LogP contribution in [0.2, 0.25) is 0 Å². The monoisotopic (exact) mass is 542 g/mol. The van der Waals surface area contributed by atoms with E-state index in [1.807, 2.05) is 6.92 Å². The Bertz CT molecular complexity index is 607. The van der Waals surface area contributed by atoms with E-state index in [4.69, 9.17) is 0 Å². The summed E-state index contributed by atoms with van der Waals surface area (Å²) >= 11 is 0. The molecule has 0 saturated carbocycles. The molecule has 0 saturated heterocycles. The van der Waals surface area contributed by atoms with E-state index >= 15 is 0 Å². The molecule has 0 atom stereocenters. The minimum atomic E-state index is -4.40. The predicted octanol–water partition coefficient (Wildman–Crippen LogP) is 3.79. The summed E-state index contributed by atoms with van der Waals surface area (Å²) in [5.74, 6) is 0.531. The lowest BCUT2D eigenvalue weighted by Gasteiger charge is -2.19. The molecule has 168 valence electrons. The molecule has 1 rings (SSSR count). The molecular weight excluding hydrogens is 517 g/mol. The molecule has 0 radical (unpaired) electrons. The number of halogens is 7. The van der Waals surface area contributed by atoms with E-state index in [0.717, 1.165) is 10.5 Å². The zero-order chi connectivity index (χ0) is 21.2. The van der Waals surface area contributed by atoms with Crippen LogP contribution in [-0.4, -0.2) is 63.0 Å². The molecule has 1 aromatic carbocycles. The van der Waals surface area contributed by atoms with Crippen LogP contribution in [0.25, 0.3) is 0 Å². The highest BCUT2D eigenvalue weighted by Gasteiger charge is 2.29. The zero-order valence-electron chi connectivity index (χ0n) is 16.0. The summed E-state index contributed by atoms with van der Waals surface area (Å²) in [6.45, 7) is 0.742. The van der Waals surface area contributed by atoms with E-state index in [1.165, 1.54) is 19.2 Å². The normalized spacial score (nSPS) is 12.5. The van der Waals surface area contributed by atoms with Gasteiger partial charge in [-0.3, -0.25) is 4.90 Å². The largest absolute Gasteiger partial charge is 0.484 e. The second-order valence-electron chi connectivity index (χ2n) is 6.02. The van der Waals surface area contributed by atoms with E-state index in [1.54, 1.807) is 12.1 Å². The molecule has 0 heterocycles. The number of hydrogen-bond acceptors (Lipinski definition) is 3. The van der Waals surface area contributed by atoms with Crippen LogP contribution >= 0.6 is 24.0 Å². The van der Waals surface area contributed by atoms with Crippen LogP contribution in [0.1, 0.15) is 12.5 Å². The molecule has 0 aliphatic heterocycles. The van der Waals surface area contributed by atoms with Gasteiger partial charge in [0.1, 0.15) is 5.75 Å². The Morgan fingerprint density at radius 1 is 1.03 bits per heavy atom. The number of nitrogens with zero attached hydrogens (tertiary/aromatic N) is 2. The van der Waals surface area contributed by atoms with Gasteiger partial charge in [-0.15, -0.1) is 24.0 Å². The van der Waals surface area contributed by atoms with Crippen molar-refractivity contribution in [2.24, 2.45) is 4.99 Å². The molecule has 0 spiro atoms. The lowest BCUT2D eigenvalue weighted by molar-refractivity contribution is -0.153. The van der Waals surface area contributed by atoms with Gasteiger partial charge in [0.15, 0.2) is 12.6 Å². The van der Waals surface area contributed by atoms with Gasteiger partial charge in [-0.2, -0.15) is 26.3 Å². The molecule has 1 aromatic rings. The fraction of sp³-hybridized carbons (Fsp3) is 0.588. The first kappa shape index (κ1) is 27.6. The summed E-state index contributed by atoms with van der Waals surface area (Å²) < 4.78 is 77.9. The molecular formula is C17H25F6IN4O. The van der Waals surface area contributed by atoms with Gasteiger partial charge in [0.05, 0.1) is 13.1 Å². The van der Waals surface area contributed by atoms with Crippen molar-refractivity contribution in [1.82, 2.24) is 15.5 Å². The molecule has 29 heavy (non-hydrogen) atoms. The number of nitrogens with one attached hydrogen (secondary N) is 2. The molecule has 0 aromatic heterocycles. The Morgan fingerprint density at radius 2 is 1.66 bits per heavy atom. The third kappa shape index (κ3) is 14.2. The number of likely N-dealkylation sites (N-methyl/N-ethyl adjacent to an activating group) is 1. The fourth-order valence-corrected chi connectivity index (χ4v) is 2.12. The molecule has 0 amide bonds. The maximum absolute atomic E-state index is 12.3. The number of hydrogen-bond donors (Lipinski definition) is 2. The van der Waals surface area contributed by atoms with E-state index in [0.29, 0.717) is 12.5 Å². The van der Waals surface area contributed by atoms with Gasteiger partial charge in [-0.25, -0.2) is 4.99 Å². The van der Waals surface area contributed by atoms with Gasteiger partial charge in [-0.05, 0) is 31.7 Å². The van der Waals surface area contributed by atoms with Crippen molar-refractivity contribution in [2.45, 2.75) is 25.8 Å². The lowest BCUT2D eigenvalue weighted by atomic mass is 10.2. The number of aliphatic imine (C=N–C) groups is 1. The first-order chi connectivity index (χ1) is 13.0. The van der Waals surface area contributed by atoms with Gasteiger partial charge < -0.3 is 15.4 Å². The average molecular weight is 542 g/mol. The van der Waals surface area contributed by atoms with Crippen molar-refractivity contribution in [2.75, 3.05) is 39.8 Å². The Balaban J connectivity index is 0.00000784. The van der Waals surface area contributed by atoms with Crippen molar-refractivity contribution >= 4 is 29.9 Å². The SMILES string of the molecule is CCNC(=NCc1ccc(OCC(F)(F)F)cc1)NCCN(C)CC(F)(F)F.I. The van der Waals surface area contributed by atoms with E-state index in [2.05, 4.69) is 20.4 Å². The number of alkyl halides is 6. The van der Waals surface area contributed by atoms with Gasteiger partial charge in [0.25, 0.3) is 0 Å². The van der Waals surface area contributed by atoms with Crippen LogP contribution in [0.5, 0.6) is 5.75 Å². The first-order valence-corrected chi connectivity index (χ1v) is 8.54. The Hall–Kier alpha value is -1.44. The van der Waals surface area contributed by atoms with Crippen LogP contribution in [0.15, 0.2) is 29.3 Å². The minimum absolute atomic E-state index is 0.